The Morgan fingerprint density at radius 3 is 2.39 bits per heavy atom. The second kappa shape index (κ2) is 7.32. The van der Waals surface area contributed by atoms with Crippen LogP contribution in [0.4, 0.5) is 23.7 Å². The molecule has 1 rings (SSSR count). The molecule has 0 heterocycles. The molecule has 6 nitrogen and oxygen atoms in total. The van der Waals surface area contributed by atoms with E-state index >= 15 is 0 Å². The number of hydrogen-bond acceptors (Lipinski definition) is 3. The fraction of sp³-hybridized carbons (Fsp3) is 0.429. The summed E-state index contributed by atoms with van der Waals surface area (Å²) in [7, 11) is 0. The Balaban J connectivity index is 2.66. The number of carboxylic acid groups (broad SMARTS) is 1. The third-order valence-corrected chi connectivity index (χ3v) is 3.00. The third kappa shape index (κ3) is 6.55. The van der Waals surface area contributed by atoms with Crippen molar-refractivity contribution < 1.29 is 33.0 Å². The maximum Gasteiger partial charge on any atom is 0.389 e. The van der Waals surface area contributed by atoms with E-state index in [1.165, 1.54) is 12.1 Å². The van der Waals surface area contributed by atoms with Gasteiger partial charge in [0.05, 0.1) is 6.54 Å². The lowest BCUT2D eigenvalue weighted by Gasteiger charge is -2.19. The second-order valence-corrected chi connectivity index (χ2v) is 5.16. The maximum atomic E-state index is 12.3. The Morgan fingerprint density at radius 2 is 1.83 bits per heavy atom. The van der Waals surface area contributed by atoms with Crippen molar-refractivity contribution in [2.45, 2.75) is 31.5 Å². The SMILES string of the molecule is CC(O)(CNC(=O)Nc1ccccc1CCC(F)(F)F)C(=O)O. The van der Waals surface area contributed by atoms with Crippen molar-refractivity contribution >= 4 is 17.7 Å². The molecule has 0 radical (unpaired) electrons. The molecule has 4 N–H and O–H groups in total. The summed E-state index contributed by atoms with van der Waals surface area (Å²) in [5, 5.41) is 22.7. The van der Waals surface area contributed by atoms with Crippen molar-refractivity contribution in [2.75, 3.05) is 11.9 Å². The molecule has 1 unspecified atom stereocenters. The van der Waals surface area contributed by atoms with E-state index in [2.05, 4.69) is 10.6 Å². The molecule has 0 spiro atoms. The molecular formula is C14H17F3N2O4. The highest BCUT2D eigenvalue weighted by Crippen LogP contribution is 2.25. The quantitative estimate of drug-likeness (QED) is 0.640. The Bertz CT molecular complexity index is 573. The summed E-state index contributed by atoms with van der Waals surface area (Å²) in [4.78, 5) is 22.4. The van der Waals surface area contributed by atoms with Crippen LogP contribution in [0.25, 0.3) is 0 Å². The average Bonchev–Trinajstić information content (AvgIpc) is 2.43. The minimum Gasteiger partial charge on any atom is -0.479 e. The fourth-order valence-corrected chi connectivity index (χ4v) is 1.63. The topological polar surface area (TPSA) is 98.7 Å². The number of para-hydroxylation sites is 1. The van der Waals surface area contributed by atoms with E-state index in [1.54, 1.807) is 12.1 Å². The summed E-state index contributed by atoms with van der Waals surface area (Å²) in [6, 6.07) is 5.14. The van der Waals surface area contributed by atoms with Gasteiger partial charge in [0, 0.05) is 12.1 Å². The minimum absolute atomic E-state index is 0.184. The lowest BCUT2D eigenvalue weighted by atomic mass is 10.1. The lowest BCUT2D eigenvalue weighted by molar-refractivity contribution is -0.155. The van der Waals surface area contributed by atoms with Crippen molar-refractivity contribution in [3.63, 3.8) is 0 Å². The smallest absolute Gasteiger partial charge is 0.389 e. The predicted octanol–water partition coefficient (Wildman–Crippen LogP) is 2.14. The summed E-state index contributed by atoms with van der Waals surface area (Å²) in [6.45, 7) is 0.450. The van der Waals surface area contributed by atoms with E-state index in [1.807, 2.05) is 0 Å². The fourth-order valence-electron chi connectivity index (χ4n) is 1.63. The molecule has 0 saturated heterocycles. The predicted molar refractivity (Wildman–Crippen MR) is 76.1 cm³/mol. The molecule has 128 valence electrons. The number of aliphatic carboxylic acids is 1. The summed E-state index contributed by atoms with van der Waals surface area (Å²) in [5.74, 6) is -1.51. The van der Waals surface area contributed by atoms with Crippen molar-refractivity contribution in [1.29, 1.82) is 0 Å². The summed E-state index contributed by atoms with van der Waals surface area (Å²) in [5.41, 5.74) is -1.66. The molecular weight excluding hydrogens is 317 g/mol. The number of nitrogens with one attached hydrogen (secondary N) is 2. The number of carboxylic acids is 1. The standard InChI is InChI=1S/C14H17F3N2O4/c1-13(23,11(20)21)8-18-12(22)19-10-5-3-2-4-9(10)6-7-14(15,16)17/h2-5,23H,6-8H2,1H3,(H,20,21)(H2,18,19,22). The zero-order chi connectivity index (χ0) is 17.7. The highest BCUT2D eigenvalue weighted by molar-refractivity contribution is 5.90. The number of aryl methyl sites for hydroxylation is 1. The van der Waals surface area contributed by atoms with E-state index in [0.29, 0.717) is 5.56 Å². The number of anilines is 1. The summed E-state index contributed by atoms with van der Waals surface area (Å²) < 4.78 is 36.8. The van der Waals surface area contributed by atoms with E-state index in [4.69, 9.17) is 5.11 Å². The summed E-state index contributed by atoms with van der Waals surface area (Å²) in [6.07, 6.45) is -5.64. The Hall–Kier alpha value is -2.29. The monoisotopic (exact) mass is 334 g/mol. The minimum atomic E-state index is -4.31. The number of rotatable bonds is 6. The van der Waals surface area contributed by atoms with Crippen LogP contribution >= 0.6 is 0 Å². The van der Waals surface area contributed by atoms with Crippen LogP contribution in [0.5, 0.6) is 0 Å². The number of halogens is 3. The van der Waals surface area contributed by atoms with Gasteiger partial charge in [0.2, 0.25) is 0 Å². The number of carbonyl (C=O) groups is 2. The number of hydrogen-bond donors (Lipinski definition) is 4. The van der Waals surface area contributed by atoms with E-state index in [0.717, 1.165) is 6.92 Å². The lowest BCUT2D eigenvalue weighted by Crippen LogP contribution is -2.47. The highest BCUT2D eigenvalue weighted by atomic mass is 19.4. The van der Waals surface area contributed by atoms with Crippen LogP contribution in [-0.2, 0) is 11.2 Å². The van der Waals surface area contributed by atoms with Crippen LogP contribution in [0.3, 0.4) is 0 Å². The van der Waals surface area contributed by atoms with Crippen LogP contribution in [-0.4, -0.2) is 40.5 Å². The largest absolute Gasteiger partial charge is 0.479 e. The first kappa shape index (κ1) is 18.8. The molecule has 1 aromatic rings. The van der Waals surface area contributed by atoms with Crippen LogP contribution < -0.4 is 10.6 Å². The van der Waals surface area contributed by atoms with Crippen LogP contribution in [0.15, 0.2) is 24.3 Å². The summed E-state index contributed by atoms with van der Waals surface area (Å²) >= 11 is 0. The van der Waals surface area contributed by atoms with Crippen LogP contribution in [0.1, 0.15) is 18.9 Å². The molecule has 23 heavy (non-hydrogen) atoms. The molecule has 0 fully saturated rings. The highest BCUT2D eigenvalue weighted by Gasteiger charge is 2.30. The first-order valence-corrected chi connectivity index (χ1v) is 6.66. The van der Waals surface area contributed by atoms with Gasteiger partial charge in [0.15, 0.2) is 5.60 Å². The average molecular weight is 334 g/mol. The first-order chi connectivity index (χ1) is 10.5. The zero-order valence-corrected chi connectivity index (χ0v) is 12.3. The number of alkyl halides is 3. The van der Waals surface area contributed by atoms with Crippen LogP contribution in [0.2, 0.25) is 0 Å². The molecule has 0 aromatic heterocycles. The number of urea groups is 1. The normalized spacial score (nSPS) is 14.0. The Morgan fingerprint density at radius 1 is 1.22 bits per heavy atom. The van der Waals surface area contributed by atoms with E-state index in [9.17, 15) is 27.9 Å². The Kier molecular flexibility index (Phi) is 5.97. The zero-order valence-electron chi connectivity index (χ0n) is 12.3. The van der Waals surface area contributed by atoms with Gasteiger partial charge >= 0.3 is 18.2 Å². The van der Waals surface area contributed by atoms with Gasteiger partial charge in [-0.2, -0.15) is 13.2 Å². The van der Waals surface area contributed by atoms with Crippen molar-refractivity contribution in [3.05, 3.63) is 29.8 Å². The molecule has 2 amide bonds. The van der Waals surface area contributed by atoms with E-state index in [-0.39, 0.29) is 12.1 Å². The Labute approximate surface area is 130 Å². The van der Waals surface area contributed by atoms with Crippen molar-refractivity contribution in [1.82, 2.24) is 5.32 Å². The van der Waals surface area contributed by atoms with Crippen molar-refractivity contribution in [3.8, 4) is 0 Å². The van der Waals surface area contributed by atoms with Gasteiger partial charge in [0.25, 0.3) is 0 Å². The number of aliphatic hydroxyl groups is 1. The molecule has 0 bridgehead atoms. The second-order valence-electron chi connectivity index (χ2n) is 5.16. The van der Waals surface area contributed by atoms with Gasteiger partial charge in [-0.3, -0.25) is 0 Å². The number of carbonyl (C=O) groups excluding carboxylic acids is 1. The molecule has 1 aromatic carbocycles. The van der Waals surface area contributed by atoms with E-state index < -0.39 is 36.7 Å². The number of amides is 2. The van der Waals surface area contributed by atoms with Crippen molar-refractivity contribution in [2.24, 2.45) is 0 Å². The molecule has 0 aliphatic heterocycles. The molecule has 0 aliphatic rings. The molecule has 9 heteroatoms. The first-order valence-electron chi connectivity index (χ1n) is 6.66. The van der Waals surface area contributed by atoms with Gasteiger partial charge in [-0.15, -0.1) is 0 Å². The van der Waals surface area contributed by atoms with Gasteiger partial charge in [-0.25, -0.2) is 9.59 Å². The van der Waals surface area contributed by atoms with Crippen LogP contribution in [0, 0.1) is 0 Å². The molecule has 0 saturated carbocycles. The van der Waals surface area contributed by atoms with Gasteiger partial charge in [-0.1, -0.05) is 18.2 Å². The molecule has 1 atom stereocenters. The van der Waals surface area contributed by atoms with Gasteiger partial charge < -0.3 is 20.8 Å². The molecule has 0 aliphatic carbocycles. The maximum absolute atomic E-state index is 12.3. The van der Waals surface area contributed by atoms with Gasteiger partial charge in [0.1, 0.15) is 0 Å². The number of benzene rings is 1. The van der Waals surface area contributed by atoms with Gasteiger partial charge in [-0.05, 0) is 25.0 Å². The third-order valence-electron chi connectivity index (χ3n) is 3.00.